The Morgan fingerprint density at radius 2 is 1.88 bits per heavy atom. The third-order valence-corrected chi connectivity index (χ3v) is 4.61. The van der Waals surface area contributed by atoms with Crippen molar-refractivity contribution in [2.45, 2.75) is 27.3 Å². The second-order valence-electron chi connectivity index (χ2n) is 6.17. The number of fused-ring (bicyclic) bond motifs is 1. The molecule has 3 aromatic rings. The van der Waals surface area contributed by atoms with Crippen molar-refractivity contribution in [3.8, 4) is 5.75 Å². The van der Waals surface area contributed by atoms with Gasteiger partial charge in [-0.1, -0.05) is 24.3 Å². The van der Waals surface area contributed by atoms with Crippen molar-refractivity contribution >= 4 is 22.9 Å². The second kappa shape index (κ2) is 7.44. The molecule has 0 spiro atoms. The summed E-state index contributed by atoms with van der Waals surface area (Å²) in [6.07, 6.45) is 1.68. The van der Waals surface area contributed by atoms with E-state index in [1.807, 2.05) is 43.3 Å². The van der Waals surface area contributed by atoms with E-state index in [2.05, 4.69) is 35.0 Å². The molecule has 1 heterocycles. The van der Waals surface area contributed by atoms with Crippen molar-refractivity contribution in [2.75, 3.05) is 7.11 Å². The SMILES string of the molecule is CCn1c(C)cc(C=NNC(=O)c2cc3ccccc3cc2OC)c1C. The number of nitrogens with zero attached hydrogens (tertiary/aromatic N) is 2. The van der Waals surface area contributed by atoms with Crippen LogP contribution in [0.5, 0.6) is 5.75 Å². The van der Waals surface area contributed by atoms with Crippen LogP contribution in [0.25, 0.3) is 10.8 Å². The fourth-order valence-corrected chi connectivity index (χ4v) is 3.23. The minimum absolute atomic E-state index is 0.298. The van der Waals surface area contributed by atoms with Crippen LogP contribution >= 0.6 is 0 Å². The highest BCUT2D eigenvalue weighted by atomic mass is 16.5. The lowest BCUT2D eigenvalue weighted by Gasteiger charge is -2.09. The normalized spacial score (nSPS) is 11.2. The number of methoxy groups -OCH3 is 1. The van der Waals surface area contributed by atoms with Gasteiger partial charge in [0, 0.05) is 23.5 Å². The van der Waals surface area contributed by atoms with E-state index in [9.17, 15) is 4.79 Å². The quantitative estimate of drug-likeness (QED) is 0.558. The van der Waals surface area contributed by atoms with Gasteiger partial charge in [-0.25, -0.2) is 5.43 Å². The second-order valence-corrected chi connectivity index (χ2v) is 6.17. The maximum Gasteiger partial charge on any atom is 0.275 e. The van der Waals surface area contributed by atoms with E-state index in [4.69, 9.17) is 4.74 Å². The first kappa shape index (κ1) is 17.7. The minimum Gasteiger partial charge on any atom is -0.496 e. The molecule has 3 rings (SSSR count). The third-order valence-electron chi connectivity index (χ3n) is 4.61. The van der Waals surface area contributed by atoms with E-state index >= 15 is 0 Å². The molecule has 0 radical (unpaired) electrons. The van der Waals surface area contributed by atoms with Crippen LogP contribution in [0.1, 0.15) is 34.2 Å². The number of carbonyl (C=O) groups excluding carboxylic acids is 1. The Morgan fingerprint density at radius 3 is 2.50 bits per heavy atom. The Labute approximate surface area is 153 Å². The largest absolute Gasteiger partial charge is 0.496 e. The van der Waals surface area contributed by atoms with E-state index in [1.165, 1.54) is 5.69 Å². The van der Waals surface area contributed by atoms with Gasteiger partial charge in [-0.3, -0.25) is 4.79 Å². The average Bonchev–Trinajstić information content (AvgIpc) is 2.93. The van der Waals surface area contributed by atoms with Crippen LogP contribution in [-0.2, 0) is 6.54 Å². The van der Waals surface area contributed by atoms with Gasteiger partial charge in [-0.05, 0) is 49.7 Å². The Balaban J connectivity index is 1.83. The standard InChI is InChI=1S/C21H23N3O2/c1-5-24-14(2)10-18(15(24)3)13-22-23-21(25)19-11-16-8-6-7-9-17(16)12-20(19)26-4/h6-13H,5H2,1-4H3,(H,23,25). The summed E-state index contributed by atoms with van der Waals surface area (Å²) in [7, 11) is 1.56. The fraction of sp³-hybridized carbons (Fsp3) is 0.238. The summed E-state index contributed by atoms with van der Waals surface area (Å²) in [5, 5.41) is 6.13. The Bertz CT molecular complexity index is 986. The maximum absolute atomic E-state index is 12.6. The van der Waals surface area contributed by atoms with Gasteiger partial charge >= 0.3 is 0 Å². The molecule has 0 aliphatic heterocycles. The van der Waals surface area contributed by atoms with Gasteiger partial charge in [0.05, 0.1) is 18.9 Å². The van der Waals surface area contributed by atoms with E-state index in [1.54, 1.807) is 13.3 Å². The van der Waals surface area contributed by atoms with Gasteiger partial charge in [0.25, 0.3) is 5.91 Å². The highest BCUT2D eigenvalue weighted by Gasteiger charge is 2.13. The minimum atomic E-state index is -0.298. The topological polar surface area (TPSA) is 55.6 Å². The highest BCUT2D eigenvalue weighted by molar-refractivity contribution is 6.02. The molecule has 0 aliphatic rings. The summed E-state index contributed by atoms with van der Waals surface area (Å²) in [4.78, 5) is 12.6. The molecule has 0 saturated carbocycles. The van der Waals surface area contributed by atoms with Crippen molar-refractivity contribution in [2.24, 2.45) is 5.10 Å². The Kier molecular flexibility index (Phi) is 5.07. The molecule has 1 amide bonds. The summed E-state index contributed by atoms with van der Waals surface area (Å²) < 4.78 is 7.58. The zero-order valence-electron chi connectivity index (χ0n) is 15.5. The van der Waals surface area contributed by atoms with E-state index in [0.29, 0.717) is 11.3 Å². The molecule has 0 atom stereocenters. The number of hydrazone groups is 1. The van der Waals surface area contributed by atoms with Crippen LogP contribution in [0.15, 0.2) is 47.6 Å². The molecule has 0 saturated heterocycles. The van der Waals surface area contributed by atoms with Gasteiger partial charge in [-0.15, -0.1) is 0 Å². The smallest absolute Gasteiger partial charge is 0.275 e. The molecule has 0 aliphatic carbocycles. The lowest BCUT2D eigenvalue weighted by atomic mass is 10.1. The molecule has 5 nitrogen and oxygen atoms in total. The van der Waals surface area contributed by atoms with Crippen molar-refractivity contribution < 1.29 is 9.53 Å². The molecule has 26 heavy (non-hydrogen) atoms. The third kappa shape index (κ3) is 3.33. The maximum atomic E-state index is 12.6. The van der Waals surface area contributed by atoms with Crippen LogP contribution in [0.4, 0.5) is 0 Å². The molecular weight excluding hydrogens is 326 g/mol. The number of benzene rings is 2. The average molecular weight is 349 g/mol. The number of ether oxygens (including phenoxy) is 1. The number of carbonyl (C=O) groups is 1. The number of rotatable bonds is 5. The lowest BCUT2D eigenvalue weighted by molar-refractivity contribution is 0.0952. The number of nitrogens with one attached hydrogen (secondary N) is 1. The molecule has 2 aromatic carbocycles. The first-order valence-corrected chi connectivity index (χ1v) is 8.62. The molecule has 0 unspecified atom stereocenters. The zero-order valence-corrected chi connectivity index (χ0v) is 15.5. The molecule has 1 aromatic heterocycles. The molecule has 0 bridgehead atoms. The van der Waals surface area contributed by atoms with Crippen molar-refractivity contribution in [1.82, 2.24) is 9.99 Å². The molecule has 5 heteroatoms. The van der Waals surface area contributed by atoms with Gasteiger partial charge in [0.2, 0.25) is 0 Å². The first-order chi connectivity index (χ1) is 12.5. The van der Waals surface area contributed by atoms with Gasteiger partial charge in [-0.2, -0.15) is 5.10 Å². The van der Waals surface area contributed by atoms with Crippen LogP contribution in [0.2, 0.25) is 0 Å². The van der Waals surface area contributed by atoms with Crippen molar-refractivity contribution in [3.05, 3.63) is 65.0 Å². The molecule has 0 fully saturated rings. The predicted octanol–water partition coefficient (Wildman–Crippen LogP) is 4.05. The zero-order chi connectivity index (χ0) is 18.7. The number of aryl methyl sites for hydroxylation is 1. The van der Waals surface area contributed by atoms with Crippen molar-refractivity contribution in [1.29, 1.82) is 0 Å². The van der Waals surface area contributed by atoms with Crippen LogP contribution in [0.3, 0.4) is 0 Å². The monoisotopic (exact) mass is 349 g/mol. The van der Waals surface area contributed by atoms with Crippen LogP contribution in [-0.4, -0.2) is 23.8 Å². The molecule has 1 N–H and O–H groups in total. The summed E-state index contributed by atoms with van der Waals surface area (Å²) in [5.74, 6) is 0.230. The summed E-state index contributed by atoms with van der Waals surface area (Å²) >= 11 is 0. The van der Waals surface area contributed by atoms with Crippen LogP contribution < -0.4 is 10.2 Å². The van der Waals surface area contributed by atoms with E-state index in [-0.39, 0.29) is 5.91 Å². The van der Waals surface area contributed by atoms with Crippen LogP contribution in [0, 0.1) is 13.8 Å². The Morgan fingerprint density at radius 1 is 1.19 bits per heavy atom. The highest BCUT2D eigenvalue weighted by Crippen LogP contribution is 2.25. The first-order valence-electron chi connectivity index (χ1n) is 8.62. The lowest BCUT2D eigenvalue weighted by Crippen LogP contribution is -2.18. The van der Waals surface area contributed by atoms with E-state index in [0.717, 1.165) is 28.6 Å². The number of aromatic nitrogens is 1. The number of amides is 1. The summed E-state index contributed by atoms with van der Waals surface area (Å²) in [6, 6.07) is 13.6. The van der Waals surface area contributed by atoms with Gasteiger partial charge in [0.1, 0.15) is 5.75 Å². The van der Waals surface area contributed by atoms with Gasteiger partial charge < -0.3 is 9.30 Å². The van der Waals surface area contributed by atoms with E-state index < -0.39 is 0 Å². The summed E-state index contributed by atoms with van der Waals surface area (Å²) in [5.41, 5.74) is 6.36. The fourth-order valence-electron chi connectivity index (χ4n) is 3.23. The van der Waals surface area contributed by atoms with Gasteiger partial charge in [0.15, 0.2) is 0 Å². The molecular formula is C21H23N3O2. The predicted molar refractivity (Wildman–Crippen MR) is 105 cm³/mol. The Hall–Kier alpha value is -3.08. The number of hydrogen-bond donors (Lipinski definition) is 1. The molecule has 134 valence electrons. The number of hydrogen-bond acceptors (Lipinski definition) is 3. The summed E-state index contributed by atoms with van der Waals surface area (Å²) in [6.45, 7) is 7.12. The van der Waals surface area contributed by atoms with Crippen molar-refractivity contribution in [3.63, 3.8) is 0 Å².